The van der Waals surface area contributed by atoms with E-state index in [-0.39, 0.29) is 68.1 Å². The molecule has 4 unspecified atom stereocenters. The number of hydrogen-bond acceptors (Lipinski definition) is 15. The predicted octanol–water partition coefficient (Wildman–Crippen LogP) is -1.32. The van der Waals surface area contributed by atoms with Gasteiger partial charge in [-0.2, -0.15) is 0 Å². The van der Waals surface area contributed by atoms with Crippen LogP contribution in [0.25, 0.3) is 0 Å². The molecule has 0 bridgehead atoms. The van der Waals surface area contributed by atoms with Gasteiger partial charge >= 0.3 is 0 Å². The predicted molar refractivity (Wildman–Crippen MR) is 262 cm³/mol. The SMILES string of the molecule is CC(=O)Nc1c(I)c(C(=O)CN(C(=O)CNCC(O)CO)c2c(I)c(C(=O)NCC(O)CO)c(I)c(C(=O)NCC(O)CO)c2I)c(I)c(C(=O)NCC(O)CO)c1I. The third-order valence-corrected chi connectivity index (χ3v) is 14.2. The number of anilines is 2. The smallest absolute Gasteiger partial charge is 0.253 e. The van der Waals surface area contributed by atoms with Gasteiger partial charge in [0.2, 0.25) is 11.8 Å². The van der Waals surface area contributed by atoms with Gasteiger partial charge in [-0.1, -0.05) is 0 Å². The monoisotopic (exact) mass is 1510 g/mol. The maximum atomic E-state index is 14.7. The highest BCUT2D eigenvalue weighted by molar-refractivity contribution is 14.1. The molecule has 20 nitrogen and oxygen atoms in total. The van der Waals surface area contributed by atoms with Gasteiger partial charge in [-0.25, -0.2) is 0 Å². The molecule has 2 aromatic rings. The van der Waals surface area contributed by atoms with Gasteiger partial charge in [-0.15, -0.1) is 0 Å². The molecule has 0 radical (unpaired) electrons. The lowest BCUT2D eigenvalue weighted by molar-refractivity contribution is -0.118. The summed E-state index contributed by atoms with van der Waals surface area (Å²) in [7, 11) is 0. The van der Waals surface area contributed by atoms with Crippen molar-refractivity contribution >= 4 is 182 Å². The molecule has 328 valence electrons. The van der Waals surface area contributed by atoms with Gasteiger partial charge < -0.3 is 72.3 Å². The fourth-order valence-electron chi connectivity index (χ4n) is 4.79. The van der Waals surface area contributed by atoms with E-state index in [2.05, 4.69) is 26.6 Å². The zero-order valence-electron chi connectivity index (χ0n) is 30.6. The van der Waals surface area contributed by atoms with Crippen LogP contribution in [0.15, 0.2) is 0 Å². The van der Waals surface area contributed by atoms with Crippen molar-refractivity contribution in [3.05, 3.63) is 43.7 Å². The second-order valence-corrected chi connectivity index (χ2v) is 18.8. The third-order valence-electron chi connectivity index (χ3n) is 7.74. The van der Waals surface area contributed by atoms with Crippen molar-refractivity contribution in [1.29, 1.82) is 0 Å². The molecular formula is C33H40I6N6O14. The first-order valence-corrected chi connectivity index (χ1v) is 23.4. The van der Waals surface area contributed by atoms with Crippen molar-refractivity contribution in [3.63, 3.8) is 0 Å². The number of aliphatic hydroxyl groups is 8. The summed E-state index contributed by atoms with van der Waals surface area (Å²) in [5.41, 5.74) is -0.587. The molecule has 2 aromatic carbocycles. The molecule has 0 heterocycles. The standard InChI is InChI=1S/C33H40I6N6O14/c1-12(50)44-29-25(36)19(23(34)20(26(29)37)31(57)41-3-14(52)9-47)17(55)7-45(18(56)6-40-2-13(51)8-46)30-27(38)21(32(58)42-4-15(53)10-48)24(35)22(28(30)39)33(59)43-5-16(54)11-49/h13-16,40,46-49,51-54H,2-11H2,1H3,(H,41,57)(H,42,58)(H,43,59)(H,44,50). The van der Waals surface area contributed by atoms with E-state index in [1.54, 1.807) is 90.4 Å². The molecule has 0 fully saturated rings. The largest absolute Gasteiger partial charge is 0.394 e. The van der Waals surface area contributed by atoms with Gasteiger partial charge in [0, 0.05) is 49.4 Å². The molecule has 5 amide bonds. The number of aliphatic hydroxyl groups excluding tert-OH is 8. The quantitative estimate of drug-likeness (QED) is 0.0481. The summed E-state index contributed by atoms with van der Waals surface area (Å²) in [5, 5.41) is 89.7. The number of nitrogens with one attached hydrogen (secondary N) is 5. The van der Waals surface area contributed by atoms with E-state index in [9.17, 15) is 69.6 Å². The van der Waals surface area contributed by atoms with Crippen LogP contribution in [-0.4, -0.2) is 166 Å². The highest BCUT2D eigenvalue weighted by Gasteiger charge is 2.35. The minimum Gasteiger partial charge on any atom is -0.394 e. The van der Waals surface area contributed by atoms with Crippen LogP contribution in [-0.2, 0) is 9.59 Å². The lowest BCUT2D eigenvalue weighted by Crippen LogP contribution is -2.45. The number of amides is 5. The van der Waals surface area contributed by atoms with Crippen molar-refractivity contribution in [2.45, 2.75) is 31.3 Å². The van der Waals surface area contributed by atoms with Crippen LogP contribution in [0.5, 0.6) is 0 Å². The Morgan fingerprint density at radius 1 is 0.542 bits per heavy atom. The molecule has 59 heavy (non-hydrogen) atoms. The fourth-order valence-corrected chi connectivity index (χ4v) is 14.0. The maximum Gasteiger partial charge on any atom is 0.253 e. The van der Waals surface area contributed by atoms with Crippen LogP contribution >= 0.6 is 136 Å². The normalized spacial score (nSPS) is 13.2. The zero-order valence-corrected chi connectivity index (χ0v) is 43.6. The Hall–Kier alpha value is -0.520. The molecule has 26 heteroatoms. The average molecular weight is 1510 g/mol. The minimum atomic E-state index is -1.36. The van der Waals surface area contributed by atoms with Gasteiger partial charge in [0.1, 0.15) is 0 Å². The summed E-state index contributed by atoms with van der Waals surface area (Å²) in [5.74, 6) is -4.64. The number of rotatable bonds is 22. The van der Waals surface area contributed by atoms with Gasteiger partial charge in [-0.3, -0.25) is 28.8 Å². The van der Waals surface area contributed by atoms with Crippen LogP contribution in [0, 0.1) is 21.4 Å². The van der Waals surface area contributed by atoms with Gasteiger partial charge in [0.05, 0.1) is 103 Å². The van der Waals surface area contributed by atoms with E-state index in [1.165, 1.54) is 6.92 Å². The number of carbonyl (C=O) groups excluding carboxylic acids is 6. The summed E-state index contributed by atoms with van der Waals surface area (Å²) < 4.78 is 0.633. The third kappa shape index (κ3) is 15.0. The average Bonchev–Trinajstić information content (AvgIpc) is 3.18. The Bertz CT molecular complexity index is 1860. The Labute approximate surface area is 419 Å². The molecule has 0 aliphatic heterocycles. The first kappa shape index (κ1) is 54.6. The van der Waals surface area contributed by atoms with E-state index in [4.69, 9.17) is 0 Å². The van der Waals surface area contributed by atoms with Crippen molar-refractivity contribution in [2.75, 3.05) is 75.9 Å². The van der Waals surface area contributed by atoms with Crippen molar-refractivity contribution in [2.24, 2.45) is 0 Å². The van der Waals surface area contributed by atoms with Crippen LogP contribution in [0.1, 0.15) is 48.4 Å². The Morgan fingerprint density at radius 3 is 1.29 bits per heavy atom. The first-order chi connectivity index (χ1) is 27.7. The van der Waals surface area contributed by atoms with E-state index in [0.29, 0.717) is 0 Å². The Morgan fingerprint density at radius 2 is 0.898 bits per heavy atom. The molecule has 0 aliphatic rings. The maximum absolute atomic E-state index is 14.7. The Balaban J connectivity index is 3.01. The van der Waals surface area contributed by atoms with E-state index in [1.807, 2.05) is 45.2 Å². The number of ketones is 1. The highest BCUT2D eigenvalue weighted by Crippen LogP contribution is 2.40. The zero-order chi connectivity index (χ0) is 44.9. The van der Waals surface area contributed by atoms with Crippen LogP contribution in [0.3, 0.4) is 0 Å². The lowest BCUT2D eigenvalue weighted by Gasteiger charge is -2.29. The molecule has 13 N–H and O–H groups in total. The number of nitrogens with zero attached hydrogens (tertiary/aromatic N) is 1. The summed E-state index contributed by atoms with van der Waals surface area (Å²) in [6, 6.07) is 0. The molecule has 0 saturated heterocycles. The summed E-state index contributed by atoms with van der Waals surface area (Å²) >= 11 is 10.6. The number of hydrogen-bond donors (Lipinski definition) is 13. The number of benzene rings is 2. The number of carbonyl (C=O) groups is 6. The van der Waals surface area contributed by atoms with E-state index < -0.39 is 112 Å². The molecule has 2 rings (SSSR count). The van der Waals surface area contributed by atoms with Gasteiger partial charge in [0.15, 0.2) is 5.78 Å². The summed E-state index contributed by atoms with van der Waals surface area (Å²) in [6.45, 7) is -4.30. The van der Waals surface area contributed by atoms with Crippen molar-refractivity contribution in [1.82, 2.24) is 21.3 Å². The summed E-state index contributed by atoms with van der Waals surface area (Å²) in [6.07, 6.45) is -5.29. The van der Waals surface area contributed by atoms with Crippen molar-refractivity contribution in [3.8, 4) is 0 Å². The van der Waals surface area contributed by atoms with E-state index in [0.717, 1.165) is 4.90 Å². The summed E-state index contributed by atoms with van der Waals surface area (Å²) in [4.78, 5) is 83.4. The second-order valence-electron chi connectivity index (χ2n) is 12.3. The van der Waals surface area contributed by atoms with E-state index >= 15 is 0 Å². The molecule has 0 aromatic heterocycles. The Kier molecular flexibility index (Phi) is 24.4. The lowest BCUT2D eigenvalue weighted by atomic mass is 10.0. The first-order valence-electron chi connectivity index (χ1n) is 16.9. The highest BCUT2D eigenvalue weighted by atomic mass is 127. The van der Waals surface area contributed by atoms with Crippen molar-refractivity contribution < 1.29 is 69.6 Å². The van der Waals surface area contributed by atoms with Gasteiger partial charge in [0.25, 0.3) is 17.7 Å². The topological polar surface area (TPSA) is 328 Å². The van der Waals surface area contributed by atoms with Crippen LogP contribution in [0.4, 0.5) is 11.4 Å². The molecular weight excluding hydrogens is 1470 g/mol. The van der Waals surface area contributed by atoms with Crippen LogP contribution < -0.4 is 31.5 Å². The molecule has 0 saturated carbocycles. The molecule has 0 aliphatic carbocycles. The van der Waals surface area contributed by atoms with Gasteiger partial charge in [-0.05, 0) is 136 Å². The molecule has 4 atom stereocenters. The second kappa shape index (κ2) is 26.3. The minimum absolute atomic E-state index is 0.0457. The number of Topliss-reactive ketones (excluding diaryl/α,β-unsaturated/α-hetero) is 1. The molecule has 0 spiro atoms. The number of halogens is 6. The van der Waals surface area contributed by atoms with Crippen LogP contribution in [0.2, 0.25) is 0 Å². The fraction of sp³-hybridized carbons (Fsp3) is 0.455.